The summed E-state index contributed by atoms with van der Waals surface area (Å²) in [7, 11) is -2.38. The highest BCUT2D eigenvalue weighted by molar-refractivity contribution is 7.89. The number of rotatable bonds is 4. The predicted octanol–water partition coefficient (Wildman–Crippen LogP) is 0.281. The molecule has 7 nitrogen and oxygen atoms in total. The van der Waals surface area contributed by atoms with Gasteiger partial charge in [0.15, 0.2) is 0 Å². The van der Waals surface area contributed by atoms with Crippen molar-refractivity contribution in [2.45, 2.75) is 17.7 Å². The Bertz CT molecular complexity index is 624. The normalized spacial score (nSPS) is 16.5. The van der Waals surface area contributed by atoms with E-state index in [-0.39, 0.29) is 16.7 Å². The molecule has 2 rings (SSSR count). The van der Waals surface area contributed by atoms with E-state index in [0.29, 0.717) is 11.4 Å². The van der Waals surface area contributed by atoms with E-state index in [1.165, 1.54) is 25.3 Å². The zero-order chi connectivity index (χ0) is 15.5. The van der Waals surface area contributed by atoms with Crippen LogP contribution in [0.3, 0.4) is 0 Å². The maximum absolute atomic E-state index is 12.2. The van der Waals surface area contributed by atoms with Gasteiger partial charge in [-0.3, -0.25) is 4.79 Å². The lowest BCUT2D eigenvalue weighted by Gasteiger charge is -2.22. The molecule has 0 radical (unpaired) electrons. The largest absolute Gasteiger partial charge is 0.495 e. The molecule has 1 amide bonds. The highest BCUT2D eigenvalue weighted by atomic mass is 32.2. The van der Waals surface area contributed by atoms with Crippen LogP contribution in [0.15, 0.2) is 23.1 Å². The lowest BCUT2D eigenvalue weighted by atomic mass is 9.97. The number of carbonyl (C=O) groups is 1. The Morgan fingerprint density at radius 3 is 2.62 bits per heavy atom. The number of methoxy groups -OCH3 is 1. The molecule has 1 aliphatic rings. The van der Waals surface area contributed by atoms with Crippen molar-refractivity contribution in [3.05, 3.63) is 18.2 Å². The topological polar surface area (TPSA) is 111 Å². The molecule has 116 valence electrons. The lowest BCUT2D eigenvalue weighted by molar-refractivity contribution is -0.120. The van der Waals surface area contributed by atoms with Crippen molar-refractivity contribution in [3.63, 3.8) is 0 Å². The van der Waals surface area contributed by atoms with Crippen LogP contribution in [0.4, 0.5) is 5.69 Å². The summed E-state index contributed by atoms with van der Waals surface area (Å²) in [6, 6.07) is 4.12. The summed E-state index contributed by atoms with van der Waals surface area (Å²) in [4.78, 5) is 12.2. The maximum atomic E-state index is 12.2. The van der Waals surface area contributed by atoms with E-state index < -0.39 is 10.0 Å². The monoisotopic (exact) mass is 313 g/mol. The summed E-state index contributed by atoms with van der Waals surface area (Å²) >= 11 is 0. The number of anilines is 1. The number of sulfonamides is 1. The molecule has 0 aromatic heterocycles. The predicted molar refractivity (Wildman–Crippen MR) is 78.6 cm³/mol. The number of nitrogens with one attached hydrogen (secondary N) is 2. The first-order valence-corrected chi connectivity index (χ1v) is 8.19. The molecule has 0 spiro atoms. The minimum absolute atomic E-state index is 0.0658. The van der Waals surface area contributed by atoms with Crippen LogP contribution in [-0.4, -0.2) is 34.5 Å². The van der Waals surface area contributed by atoms with Crippen LogP contribution < -0.4 is 20.5 Å². The highest BCUT2D eigenvalue weighted by Crippen LogP contribution is 2.28. The number of carbonyl (C=O) groups excluding carboxylic acids is 1. The van der Waals surface area contributed by atoms with E-state index in [1.54, 1.807) is 0 Å². The average molecular weight is 313 g/mol. The van der Waals surface area contributed by atoms with E-state index in [9.17, 15) is 13.2 Å². The van der Waals surface area contributed by atoms with Gasteiger partial charge in [0, 0.05) is 5.92 Å². The molecule has 21 heavy (non-hydrogen) atoms. The molecule has 8 heteroatoms. The zero-order valence-electron chi connectivity index (χ0n) is 11.8. The van der Waals surface area contributed by atoms with Gasteiger partial charge in [0.25, 0.3) is 0 Å². The molecule has 1 fully saturated rings. The smallest absolute Gasteiger partial charge is 0.238 e. The third-order valence-electron chi connectivity index (χ3n) is 3.47. The summed E-state index contributed by atoms with van der Waals surface area (Å²) in [6.07, 6.45) is 1.51. The summed E-state index contributed by atoms with van der Waals surface area (Å²) < 4.78 is 27.9. The van der Waals surface area contributed by atoms with Crippen LogP contribution in [0.25, 0.3) is 0 Å². The Hall–Kier alpha value is -1.64. The van der Waals surface area contributed by atoms with Crippen molar-refractivity contribution < 1.29 is 17.9 Å². The van der Waals surface area contributed by atoms with E-state index in [4.69, 9.17) is 9.88 Å². The molecule has 4 N–H and O–H groups in total. The molecular weight excluding hydrogens is 294 g/mol. The number of nitrogens with two attached hydrogens (primary N) is 1. The summed E-state index contributed by atoms with van der Waals surface area (Å²) in [6.45, 7) is 1.60. The first-order chi connectivity index (χ1) is 9.91. The number of benzene rings is 1. The minimum atomic E-state index is -3.83. The first-order valence-electron chi connectivity index (χ1n) is 6.64. The molecule has 1 aromatic rings. The van der Waals surface area contributed by atoms with Gasteiger partial charge in [0.1, 0.15) is 5.75 Å². The van der Waals surface area contributed by atoms with E-state index in [2.05, 4.69) is 10.6 Å². The molecule has 0 aliphatic carbocycles. The SMILES string of the molecule is COc1ccc(S(N)(=O)=O)cc1NC(=O)C1CCNCC1. The summed E-state index contributed by atoms with van der Waals surface area (Å²) in [5.74, 6) is 0.167. The summed E-state index contributed by atoms with van der Waals surface area (Å²) in [5, 5.41) is 11.0. The number of primary sulfonamides is 1. The zero-order valence-corrected chi connectivity index (χ0v) is 12.6. The molecule has 1 saturated heterocycles. The second-order valence-corrected chi connectivity index (χ2v) is 6.48. The maximum Gasteiger partial charge on any atom is 0.238 e. The first kappa shape index (κ1) is 15.7. The van der Waals surface area contributed by atoms with Gasteiger partial charge in [-0.2, -0.15) is 0 Å². The third-order valence-corrected chi connectivity index (χ3v) is 4.38. The molecule has 1 aromatic carbocycles. The van der Waals surface area contributed by atoms with Crippen LogP contribution in [0.2, 0.25) is 0 Å². The van der Waals surface area contributed by atoms with Gasteiger partial charge >= 0.3 is 0 Å². The Morgan fingerprint density at radius 2 is 2.05 bits per heavy atom. The van der Waals surface area contributed by atoms with Crippen molar-refractivity contribution in [1.82, 2.24) is 5.32 Å². The van der Waals surface area contributed by atoms with Crippen LogP contribution in [0.1, 0.15) is 12.8 Å². The fourth-order valence-electron chi connectivity index (χ4n) is 2.28. The third kappa shape index (κ3) is 3.93. The van der Waals surface area contributed by atoms with Crippen LogP contribution in [0, 0.1) is 5.92 Å². The molecule has 0 saturated carbocycles. The lowest BCUT2D eigenvalue weighted by Crippen LogP contribution is -2.34. The van der Waals surface area contributed by atoms with Crippen molar-refractivity contribution in [3.8, 4) is 5.75 Å². The molecule has 0 atom stereocenters. The molecule has 0 bridgehead atoms. The van der Waals surface area contributed by atoms with Crippen molar-refractivity contribution in [1.29, 1.82) is 0 Å². The van der Waals surface area contributed by atoms with Gasteiger partial charge in [-0.25, -0.2) is 13.6 Å². The fourth-order valence-corrected chi connectivity index (χ4v) is 2.82. The molecular formula is C13H19N3O4S. The van der Waals surface area contributed by atoms with Gasteiger partial charge in [-0.15, -0.1) is 0 Å². The number of hydrogen-bond acceptors (Lipinski definition) is 5. The van der Waals surface area contributed by atoms with Gasteiger partial charge in [-0.1, -0.05) is 0 Å². The van der Waals surface area contributed by atoms with Crippen molar-refractivity contribution in [2.75, 3.05) is 25.5 Å². The standard InChI is InChI=1S/C13H19N3O4S/c1-20-12-3-2-10(21(14,18)19)8-11(12)16-13(17)9-4-6-15-7-5-9/h2-3,8-9,15H,4-7H2,1H3,(H,16,17)(H2,14,18,19). The average Bonchev–Trinajstić information content (AvgIpc) is 2.47. The van der Waals surface area contributed by atoms with E-state index in [1.807, 2.05) is 0 Å². The Labute approximate surface area is 123 Å². The van der Waals surface area contributed by atoms with Gasteiger partial charge in [0.05, 0.1) is 17.7 Å². The van der Waals surface area contributed by atoms with Crippen molar-refractivity contribution in [2.24, 2.45) is 11.1 Å². The Kier molecular flexibility index (Phi) is 4.81. The minimum Gasteiger partial charge on any atom is -0.495 e. The number of hydrogen-bond donors (Lipinski definition) is 3. The Morgan fingerprint density at radius 1 is 1.38 bits per heavy atom. The quantitative estimate of drug-likeness (QED) is 0.739. The second-order valence-electron chi connectivity index (χ2n) is 4.92. The molecule has 1 heterocycles. The van der Waals surface area contributed by atoms with Gasteiger partial charge < -0.3 is 15.4 Å². The Balaban J connectivity index is 2.22. The van der Waals surface area contributed by atoms with Gasteiger partial charge in [-0.05, 0) is 44.1 Å². The number of amides is 1. The molecule has 0 unspecified atom stereocenters. The highest BCUT2D eigenvalue weighted by Gasteiger charge is 2.22. The number of piperidine rings is 1. The van der Waals surface area contributed by atoms with Crippen molar-refractivity contribution >= 4 is 21.6 Å². The number of ether oxygens (including phenoxy) is 1. The van der Waals surface area contributed by atoms with E-state index >= 15 is 0 Å². The fraction of sp³-hybridized carbons (Fsp3) is 0.462. The van der Waals surface area contributed by atoms with Gasteiger partial charge in [0.2, 0.25) is 15.9 Å². The van der Waals surface area contributed by atoms with Crippen LogP contribution in [-0.2, 0) is 14.8 Å². The second kappa shape index (κ2) is 6.42. The van der Waals surface area contributed by atoms with Crippen LogP contribution in [0.5, 0.6) is 5.75 Å². The van der Waals surface area contributed by atoms with E-state index in [0.717, 1.165) is 25.9 Å². The van der Waals surface area contributed by atoms with Crippen LogP contribution >= 0.6 is 0 Å². The molecule has 1 aliphatic heterocycles. The summed E-state index contributed by atoms with van der Waals surface area (Å²) in [5.41, 5.74) is 0.313.